The molecule has 4 nitrogen and oxygen atoms in total. The maximum absolute atomic E-state index is 13.3. The van der Waals surface area contributed by atoms with Gasteiger partial charge in [-0.1, -0.05) is 57.0 Å². The van der Waals surface area contributed by atoms with Crippen molar-refractivity contribution in [3.8, 4) is 0 Å². The fraction of sp³-hybridized carbons (Fsp3) is 0.577. The Labute approximate surface area is 182 Å². The highest BCUT2D eigenvalue weighted by Crippen LogP contribution is 2.44. The number of amides is 2. The number of carbonyl (C=O) groups is 1. The third-order valence-corrected chi connectivity index (χ3v) is 7.65. The summed E-state index contributed by atoms with van der Waals surface area (Å²) >= 11 is 0. The summed E-state index contributed by atoms with van der Waals surface area (Å²) < 4.78 is 0. The average Bonchev–Trinajstić information content (AvgIpc) is 3.20. The lowest BCUT2D eigenvalue weighted by molar-refractivity contribution is 0.106. The van der Waals surface area contributed by atoms with E-state index >= 15 is 0 Å². The molecular formula is C26H37N3O. The van der Waals surface area contributed by atoms with Crippen LogP contribution in [0.4, 0.5) is 10.5 Å². The molecule has 30 heavy (non-hydrogen) atoms. The number of allylic oxidation sites excluding steroid dienone is 2. The lowest BCUT2D eigenvalue weighted by atomic mass is 9.75. The molecule has 0 radical (unpaired) electrons. The van der Waals surface area contributed by atoms with E-state index in [0.717, 1.165) is 19.4 Å². The maximum Gasteiger partial charge on any atom is 0.318 e. The predicted octanol–water partition coefficient (Wildman–Crippen LogP) is 5.12. The second-order valence-corrected chi connectivity index (χ2v) is 10.0. The Morgan fingerprint density at radius 1 is 1.17 bits per heavy atom. The third kappa shape index (κ3) is 3.66. The molecule has 0 aromatic heterocycles. The summed E-state index contributed by atoms with van der Waals surface area (Å²) in [4.78, 5) is 17.6. The number of anilines is 1. The van der Waals surface area contributed by atoms with Crippen LogP contribution in [0.15, 0.2) is 48.1 Å². The minimum atomic E-state index is 0.0678. The van der Waals surface area contributed by atoms with Crippen LogP contribution >= 0.6 is 0 Å². The molecule has 0 bridgehead atoms. The van der Waals surface area contributed by atoms with Crippen molar-refractivity contribution in [3.63, 3.8) is 0 Å². The van der Waals surface area contributed by atoms with E-state index < -0.39 is 0 Å². The maximum atomic E-state index is 13.3. The SMILES string of the molecule is CC(C)C1=CC=CC2C1NC(=O)N(CC1(c3ccc(N(C)C)cc3)CCCC1)C2C. The van der Waals surface area contributed by atoms with E-state index in [4.69, 9.17) is 0 Å². The fourth-order valence-corrected chi connectivity index (χ4v) is 5.76. The summed E-state index contributed by atoms with van der Waals surface area (Å²) in [7, 11) is 4.15. The Balaban J connectivity index is 1.59. The topological polar surface area (TPSA) is 35.6 Å². The lowest BCUT2D eigenvalue weighted by Crippen LogP contribution is -2.63. The van der Waals surface area contributed by atoms with Gasteiger partial charge in [0.05, 0.1) is 6.04 Å². The van der Waals surface area contributed by atoms with E-state index in [0.29, 0.717) is 11.8 Å². The highest BCUT2D eigenvalue weighted by Gasteiger charge is 2.45. The summed E-state index contributed by atoms with van der Waals surface area (Å²) in [5, 5.41) is 3.36. The average molecular weight is 408 g/mol. The smallest absolute Gasteiger partial charge is 0.318 e. The van der Waals surface area contributed by atoms with Crippen molar-refractivity contribution in [2.75, 3.05) is 25.5 Å². The van der Waals surface area contributed by atoms with E-state index in [-0.39, 0.29) is 23.5 Å². The number of nitrogens with zero attached hydrogens (tertiary/aromatic N) is 2. The van der Waals surface area contributed by atoms with E-state index in [9.17, 15) is 4.79 Å². The third-order valence-electron chi connectivity index (χ3n) is 7.65. The number of benzene rings is 1. The lowest BCUT2D eigenvalue weighted by Gasteiger charge is -2.48. The summed E-state index contributed by atoms with van der Waals surface area (Å²) in [6.07, 6.45) is 11.5. The molecule has 2 amide bonds. The first kappa shape index (κ1) is 21.0. The van der Waals surface area contributed by atoms with Crippen LogP contribution in [0.1, 0.15) is 52.0 Å². The zero-order valence-electron chi connectivity index (χ0n) is 19.2. The van der Waals surface area contributed by atoms with Gasteiger partial charge in [0, 0.05) is 43.7 Å². The fourth-order valence-electron chi connectivity index (χ4n) is 5.76. The Bertz CT molecular complexity index is 830. The molecule has 2 fully saturated rings. The van der Waals surface area contributed by atoms with Gasteiger partial charge in [0.15, 0.2) is 0 Å². The van der Waals surface area contributed by atoms with Crippen molar-refractivity contribution in [2.24, 2.45) is 11.8 Å². The van der Waals surface area contributed by atoms with Crippen molar-refractivity contribution < 1.29 is 4.79 Å². The quantitative estimate of drug-likeness (QED) is 0.736. The van der Waals surface area contributed by atoms with Crippen molar-refractivity contribution >= 4 is 11.7 Å². The second-order valence-electron chi connectivity index (χ2n) is 10.0. The van der Waals surface area contributed by atoms with Crippen LogP contribution in [0.25, 0.3) is 0 Å². The molecule has 1 aromatic carbocycles. The van der Waals surface area contributed by atoms with E-state index in [1.807, 2.05) is 0 Å². The van der Waals surface area contributed by atoms with Gasteiger partial charge in [-0.05, 0) is 49.0 Å². The number of hydrogen-bond acceptors (Lipinski definition) is 2. The van der Waals surface area contributed by atoms with Crippen LogP contribution in [-0.4, -0.2) is 43.7 Å². The number of nitrogens with one attached hydrogen (secondary N) is 1. The van der Waals surface area contributed by atoms with E-state index in [1.165, 1.54) is 29.7 Å². The first-order valence-electron chi connectivity index (χ1n) is 11.6. The van der Waals surface area contributed by atoms with Gasteiger partial charge >= 0.3 is 6.03 Å². The molecule has 1 heterocycles. The molecule has 162 valence electrons. The molecule has 0 spiro atoms. The number of fused-ring (bicyclic) bond motifs is 1. The Hall–Kier alpha value is -2.23. The monoisotopic (exact) mass is 407 g/mol. The van der Waals surface area contributed by atoms with Gasteiger partial charge in [-0.2, -0.15) is 0 Å². The molecule has 3 atom stereocenters. The number of rotatable bonds is 5. The van der Waals surface area contributed by atoms with Gasteiger partial charge in [-0.25, -0.2) is 4.79 Å². The highest BCUT2D eigenvalue weighted by atomic mass is 16.2. The standard InChI is InChI=1S/C26H37N3O/c1-18(2)22-9-8-10-23-19(3)29(25(30)27-24(22)23)17-26(15-6-7-16-26)20-11-13-21(14-12-20)28(4)5/h8-14,18-19,23-24H,6-7,15-17H2,1-5H3,(H,27,30). The van der Waals surface area contributed by atoms with Gasteiger partial charge in [0.2, 0.25) is 0 Å². The van der Waals surface area contributed by atoms with Crippen molar-refractivity contribution in [2.45, 2.75) is 64.0 Å². The minimum Gasteiger partial charge on any atom is -0.378 e. The highest BCUT2D eigenvalue weighted by molar-refractivity contribution is 5.77. The Kier molecular flexibility index (Phi) is 5.69. The van der Waals surface area contributed by atoms with Gasteiger partial charge < -0.3 is 15.1 Å². The first-order valence-corrected chi connectivity index (χ1v) is 11.6. The summed E-state index contributed by atoms with van der Waals surface area (Å²) in [6.45, 7) is 7.48. The zero-order chi connectivity index (χ0) is 21.5. The Morgan fingerprint density at radius 2 is 1.83 bits per heavy atom. The van der Waals surface area contributed by atoms with Gasteiger partial charge in [0.1, 0.15) is 0 Å². The minimum absolute atomic E-state index is 0.0678. The second kappa shape index (κ2) is 8.13. The summed E-state index contributed by atoms with van der Waals surface area (Å²) in [6, 6.07) is 9.44. The molecule has 4 rings (SSSR count). The molecular weight excluding hydrogens is 370 g/mol. The molecule has 1 aliphatic heterocycles. The van der Waals surface area contributed by atoms with E-state index in [1.54, 1.807) is 0 Å². The van der Waals surface area contributed by atoms with Gasteiger partial charge in [0.25, 0.3) is 0 Å². The molecule has 3 unspecified atom stereocenters. The molecule has 1 N–H and O–H groups in total. The van der Waals surface area contributed by atoms with Gasteiger partial charge in [-0.15, -0.1) is 0 Å². The van der Waals surface area contributed by atoms with Gasteiger partial charge in [-0.3, -0.25) is 0 Å². The molecule has 4 heteroatoms. The predicted molar refractivity (Wildman–Crippen MR) is 125 cm³/mol. The first-order chi connectivity index (χ1) is 14.3. The van der Waals surface area contributed by atoms with Crippen LogP contribution in [0.2, 0.25) is 0 Å². The number of urea groups is 1. The normalized spacial score (nSPS) is 27.7. The van der Waals surface area contributed by atoms with Crippen molar-refractivity contribution in [3.05, 3.63) is 53.6 Å². The van der Waals surface area contributed by atoms with Crippen LogP contribution in [0, 0.1) is 11.8 Å². The molecule has 1 aromatic rings. The number of hydrogen-bond donors (Lipinski definition) is 1. The molecule has 1 saturated carbocycles. The van der Waals surface area contributed by atoms with E-state index in [2.05, 4.69) is 92.5 Å². The summed E-state index contributed by atoms with van der Waals surface area (Å²) in [5.41, 5.74) is 4.02. The molecule has 3 aliphatic rings. The molecule has 2 aliphatic carbocycles. The van der Waals surface area contributed by atoms with Crippen molar-refractivity contribution in [1.29, 1.82) is 0 Å². The largest absolute Gasteiger partial charge is 0.378 e. The van der Waals surface area contributed by atoms with Crippen LogP contribution in [0.5, 0.6) is 0 Å². The van der Waals surface area contributed by atoms with Crippen LogP contribution < -0.4 is 10.2 Å². The molecule has 1 saturated heterocycles. The Morgan fingerprint density at radius 3 is 2.43 bits per heavy atom. The number of carbonyl (C=O) groups excluding carboxylic acids is 1. The summed E-state index contributed by atoms with van der Waals surface area (Å²) in [5.74, 6) is 0.776. The van der Waals surface area contributed by atoms with Crippen LogP contribution in [0.3, 0.4) is 0 Å². The van der Waals surface area contributed by atoms with Crippen LogP contribution in [-0.2, 0) is 5.41 Å². The zero-order valence-corrected chi connectivity index (χ0v) is 19.2. The van der Waals surface area contributed by atoms with Crippen molar-refractivity contribution in [1.82, 2.24) is 10.2 Å².